The van der Waals surface area contributed by atoms with Crippen molar-refractivity contribution in [2.75, 3.05) is 19.8 Å². The van der Waals surface area contributed by atoms with Crippen LogP contribution in [0.5, 0.6) is 0 Å². The molecule has 3 rings (SSSR count). The van der Waals surface area contributed by atoms with Gasteiger partial charge < -0.3 is 14.9 Å². The summed E-state index contributed by atoms with van der Waals surface area (Å²) >= 11 is 0. The maximum Gasteiger partial charge on any atom is 0.335 e. The van der Waals surface area contributed by atoms with E-state index in [4.69, 9.17) is 9.84 Å². The van der Waals surface area contributed by atoms with Crippen LogP contribution >= 0.6 is 0 Å². The van der Waals surface area contributed by atoms with Crippen LogP contribution < -0.4 is 0 Å². The maximum atomic E-state index is 11.8. The lowest BCUT2D eigenvalue weighted by Gasteiger charge is -2.31. The Morgan fingerprint density at radius 2 is 1.71 bits per heavy atom. The van der Waals surface area contributed by atoms with Crippen LogP contribution in [-0.4, -0.2) is 36.0 Å². The van der Waals surface area contributed by atoms with Gasteiger partial charge in [-0.05, 0) is 60.1 Å². The van der Waals surface area contributed by atoms with E-state index in [1.165, 1.54) is 81.8 Å². The SMILES string of the molecule is C=C(CO)C(=O)OCC(CO)c1ccc2c(c1)CCC(CCC1CCC(CCCCC)CC1)C2. The number of hydrogen-bond donors (Lipinski definition) is 2. The van der Waals surface area contributed by atoms with E-state index in [2.05, 4.69) is 31.7 Å². The fourth-order valence-corrected chi connectivity index (χ4v) is 5.91. The van der Waals surface area contributed by atoms with Crippen LogP contribution in [0.4, 0.5) is 0 Å². The van der Waals surface area contributed by atoms with Crippen molar-refractivity contribution >= 4 is 5.97 Å². The summed E-state index contributed by atoms with van der Waals surface area (Å²) in [5.41, 5.74) is 3.87. The van der Waals surface area contributed by atoms with Crippen molar-refractivity contribution in [3.63, 3.8) is 0 Å². The van der Waals surface area contributed by atoms with Crippen molar-refractivity contribution in [2.45, 2.75) is 96.3 Å². The van der Waals surface area contributed by atoms with Crippen LogP contribution in [0.25, 0.3) is 0 Å². The molecule has 2 N–H and O–H groups in total. The summed E-state index contributed by atoms with van der Waals surface area (Å²) in [6, 6.07) is 6.49. The lowest BCUT2D eigenvalue weighted by atomic mass is 9.75. The molecule has 4 nitrogen and oxygen atoms in total. The summed E-state index contributed by atoms with van der Waals surface area (Å²) in [7, 11) is 0. The number of carbonyl (C=O) groups excluding carboxylic acids is 1. The minimum atomic E-state index is -0.605. The van der Waals surface area contributed by atoms with Gasteiger partial charge in [-0.25, -0.2) is 4.79 Å². The zero-order chi connectivity index (χ0) is 24.3. The third kappa shape index (κ3) is 7.95. The Morgan fingerprint density at radius 1 is 1.00 bits per heavy atom. The van der Waals surface area contributed by atoms with Gasteiger partial charge in [0.15, 0.2) is 0 Å². The molecule has 190 valence electrons. The monoisotopic (exact) mass is 470 g/mol. The van der Waals surface area contributed by atoms with E-state index in [0.717, 1.165) is 36.2 Å². The topological polar surface area (TPSA) is 66.8 Å². The molecular formula is C30H46O4. The van der Waals surface area contributed by atoms with Gasteiger partial charge in [0.2, 0.25) is 0 Å². The number of carbonyl (C=O) groups is 1. The van der Waals surface area contributed by atoms with Crippen molar-refractivity contribution in [3.8, 4) is 0 Å². The molecule has 2 unspecified atom stereocenters. The first-order chi connectivity index (χ1) is 16.5. The minimum absolute atomic E-state index is 0.0354. The Kier molecular flexibility index (Phi) is 11.1. The number of unbranched alkanes of at least 4 members (excludes halogenated alkanes) is 2. The number of aryl methyl sites for hydroxylation is 1. The van der Waals surface area contributed by atoms with E-state index in [0.29, 0.717) is 0 Å². The van der Waals surface area contributed by atoms with E-state index < -0.39 is 12.6 Å². The van der Waals surface area contributed by atoms with Gasteiger partial charge in [-0.3, -0.25) is 0 Å². The van der Waals surface area contributed by atoms with Gasteiger partial charge in [0.25, 0.3) is 0 Å². The molecule has 0 aromatic heterocycles. The molecule has 1 aromatic carbocycles. The Balaban J connectivity index is 1.43. The molecule has 2 aliphatic carbocycles. The standard InChI is InChI=1S/C30H46O4/c1-3-4-5-6-23-7-9-24(10-8-23)11-12-25-13-14-27-18-28(16-15-26(27)17-25)29(20-32)21-34-30(33)22(2)19-31/h15-16,18,23-25,29,31-32H,2-14,17,19-21H2,1H3. The van der Waals surface area contributed by atoms with Gasteiger partial charge in [0.05, 0.1) is 18.8 Å². The van der Waals surface area contributed by atoms with Crippen LogP contribution in [0.3, 0.4) is 0 Å². The molecule has 34 heavy (non-hydrogen) atoms. The van der Waals surface area contributed by atoms with Gasteiger partial charge in [-0.1, -0.05) is 89.5 Å². The van der Waals surface area contributed by atoms with Crippen LogP contribution in [0.15, 0.2) is 30.4 Å². The number of benzene rings is 1. The molecule has 1 saturated carbocycles. The molecule has 0 bridgehead atoms. The fourth-order valence-electron chi connectivity index (χ4n) is 5.91. The molecular weight excluding hydrogens is 424 g/mol. The molecule has 0 amide bonds. The Labute approximate surface area is 206 Å². The maximum absolute atomic E-state index is 11.8. The Bertz CT molecular complexity index is 778. The molecule has 2 aliphatic rings. The van der Waals surface area contributed by atoms with Crippen molar-refractivity contribution in [1.29, 1.82) is 0 Å². The number of hydrogen-bond acceptors (Lipinski definition) is 4. The van der Waals surface area contributed by atoms with Gasteiger partial charge in [-0.15, -0.1) is 0 Å². The first-order valence-electron chi connectivity index (χ1n) is 13.7. The number of aliphatic hydroxyl groups excluding tert-OH is 2. The van der Waals surface area contributed by atoms with Crippen LogP contribution in [0.1, 0.15) is 100 Å². The van der Waals surface area contributed by atoms with E-state index >= 15 is 0 Å². The summed E-state index contributed by atoms with van der Waals surface area (Å²) in [6.07, 6.45) is 17.7. The zero-order valence-corrected chi connectivity index (χ0v) is 21.3. The molecule has 1 fully saturated rings. The quantitative estimate of drug-likeness (QED) is 0.207. The van der Waals surface area contributed by atoms with Crippen molar-refractivity contribution in [2.24, 2.45) is 17.8 Å². The highest BCUT2D eigenvalue weighted by molar-refractivity contribution is 5.87. The van der Waals surface area contributed by atoms with Crippen LogP contribution in [-0.2, 0) is 22.4 Å². The van der Waals surface area contributed by atoms with Crippen LogP contribution in [0.2, 0.25) is 0 Å². The van der Waals surface area contributed by atoms with Crippen molar-refractivity contribution < 1.29 is 19.7 Å². The highest BCUT2D eigenvalue weighted by atomic mass is 16.5. The second-order valence-electron chi connectivity index (χ2n) is 10.8. The van der Waals surface area contributed by atoms with Crippen molar-refractivity contribution in [3.05, 3.63) is 47.0 Å². The van der Waals surface area contributed by atoms with E-state index in [1.54, 1.807) is 0 Å². The Hall–Kier alpha value is -1.65. The van der Waals surface area contributed by atoms with E-state index in [-0.39, 0.29) is 24.7 Å². The molecule has 0 saturated heterocycles. The normalized spacial score (nSPS) is 23.2. The first-order valence-corrected chi connectivity index (χ1v) is 13.7. The smallest absolute Gasteiger partial charge is 0.335 e. The minimum Gasteiger partial charge on any atom is -0.462 e. The van der Waals surface area contributed by atoms with Gasteiger partial charge in [0, 0.05) is 5.92 Å². The number of rotatable bonds is 13. The van der Waals surface area contributed by atoms with Gasteiger partial charge >= 0.3 is 5.97 Å². The fraction of sp³-hybridized carbons (Fsp3) is 0.700. The van der Waals surface area contributed by atoms with E-state index in [1.807, 2.05) is 0 Å². The summed E-state index contributed by atoms with van der Waals surface area (Å²) in [6.45, 7) is 5.38. The number of fused-ring (bicyclic) bond motifs is 1. The van der Waals surface area contributed by atoms with Gasteiger partial charge in [-0.2, -0.15) is 0 Å². The summed E-state index contributed by atoms with van der Waals surface area (Å²) in [4.78, 5) is 11.8. The predicted molar refractivity (Wildman–Crippen MR) is 138 cm³/mol. The summed E-state index contributed by atoms with van der Waals surface area (Å²) in [5, 5.41) is 18.8. The van der Waals surface area contributed by atoms with Crippen LogP contribution in [0, 0.1) is 17.8 Å². The largest absolute Gasteiger partial charge is 0.462 e. The average molecular weight is 471 g/mol. The summed E-state index contributed by atoms with van der Waals surface area (Å²) in [5.74, 6) is 1.88. The molecule has 0 radical (unpaired) electrons. The lowest BCUT2D eigenvalue weighted by molar-refractivity contribution is -0.140. The lowest BCUT2D eigenvalue weighted by Crippen LogP contribution is -2.20. The zero-order valence-electron chi connectivity index (χ0n) is 21.3. The predicted octanol–water partition coefficient (Wildman–Crippen LogP) is 6.13. The molecule has 0 heterocycles. The number of esters is 1. The first kappa shape index (κ1) is 26.9. The molecule has 1 aromatic rings. The average Bonchev–Trinajstić information content (AvgIpc) is 2.88. The second kappa shape index (κ2) is 14.0. The summed E-state index contributed by atoms with van der Waals surface area (Å²) < 4.78 is 5.23. The number of aliphatic hydroxyl groups is 2. The highest BCUT2D eigenvalue weighted by Gasteiger charge is 2.25. The third-order valence-corrected chi connectivity index (χ3v) is 8.31. The van der Waals surface area contributed by atoms with Gasteiger partial charge in [0.1, 0.15) is 6.61 Å². The molecule has 4 heteroatoms. The second-order valence-corrected chi connectivity index (χ2v) is 10.8. The molecule has 2 atom stereocenters. The molecule has 0 aliphatic heterocycles. The molecule has 0 spiro atoms. The Morgan fingerprint density at radius 3 is 2.38 bits per heavy atom. The highest BCUT2D eigenvalue weighted by Crippen LogP contribution is 2.37. The van der Waals surface area contributed by atoms with Crippen molar-refractivity contribution in [1.82, 2.24) is 0 Å². The number of ether oxygens (including phenoxy) is 1. The third-order valence-electron chi connectivity index (χ3n) is 8.31. The van der Waals surface area contributed by atoms with E-state index in [9.17, 15) is 9.90 Å².